The lowest BCUT2D eigenvalue weighted by Gasteiger charge is -2.39. The Bertz CT molecular complexity index is 1030. The van der Waals surface area contributed by atoms with E-state index in [9.17, 15) is 9.90 Å². The number of allylic oxidation sites excluding steroid dienone is 2. The van der Waals surface area contributed by atoms with Crippen LogP contribution < -0.4 is 10.1 Å². The van der Waals surface area contributed by atoms with Gasteiger partial charge in [0.2, 0.25) is 0 Å². The van der Waals surface area contributed by atoms with Gasteiger partial charge in [-0.25, -0.2) is 0 Å². The maximum atomic E-state index is 13.5. The van der Waals surface area contributed by atoms with Gasteiger partial charge in [0.15, 0.2) is 11.5 Å². The summed E-state index contributed by atoms with van der Waals surface area (Å²) in [6.07, 6.45) is 5.39. The number of para-hydroxylation sites is 2. The first-order chi connectivity index (χ1) is 15.1. The number of phenolic OH excluding ortho intramolecular Hbond substituents is 1. The van der Waals surface area contributed by atoms with Gasteiger partial charge in [0.25, 0.3) is 5.91 Å². The molecule has 2 aromatic carbocycles. The number of likely N-dealkylation sites (N-methyl/N-ethyl adjacent to an activating group) is 1. The first-order valence-electron chi connectivity index (χ1n) is 11.0. The van der Waals surface area contributed by atoms with Crippen LogP contribution in [-0.2, 0) is 0 Å². The number of methoxy groups -OCH3 is 1. The molecule has 3 aliphatic rings. The number of anilines is 1. The third kappa shape index (κ3) is 3.35. The lowest BCUT2D eigenvalue weighted by atomic mass is 9.76. The number of phenols is 1. The van der Waals surface area contributed by atoms with E-state index in [0.29, 0.717) is 11.3 Å². The smallest absolute Gasteiger partial charge is 0.256 e. The van der Waals surface area contributed by atoms with Crippen molar-refractivity contribution in [1.82, 2.24) is 9.80 Å². The van der Waals surface area contributed by atoms with Crippen LogP contribution in [0.5, 0.6) is 11.5 Å². The number of hydrogen-bond acceptors (Lipinski definition) is 5. The molecule has 5 rings (SSSR count). The number of nitrogens with one attached hydrogen (secondary N) is 1. The quantitative estimate of drug-likeness (QED) is 0.744. The molecule has 3 atom stereocenters. The second kappa shape index (κ2) is 7.93. The van der Waals surface area contributed by atoms with E-state index >= 15 is 0 Å². The highest BCUT2D eigenvalue weighted by atomic mass is 16.5. The predicted octanol–water partition coefficient (Wildman–Crippen LogP) is 3.61. The van der Waals surface area contributed by atoms with Crippen LogP contribution in [0, 0.1) is 5.92 Å². The molecular formula is C25H29N3O3. The van der Waals surface area contributed by atoms with Crippen molar-refractivity contribution in [2.45, 2.75) is 18.4 Å². The lowest BCUT2D eigenvalue weighted by Crippen LogP contribution is -2.47. The number of ether oxygens (including phenoxy) is 1. The van der Waals surface area contributed by atoms with Gasteiger partial charge >= 0.3 is 0 Å². The van der Waals surface area contributed by atoms with Crippen molar-refractivity contribution < 1.29 is 14.6 Å². The van der Waals surface area contributed by atoms with Crippen LogP contribution in [0.15, 0.2) is 48.6 Å². The van der Waals surface area contributed by atoms with Crippen LogP contribution >= 0.6 is 0 Å². The Balaban J connectivity index is 1.55. The van der Waals surface area contributed by atoms with Gasteiger partial charge in [-0.3, -0.25) is 4.79 Å². The minimum Gasteiger partial charge on any atom is -0.504 e. The van der Waals surface area contributed by atoms with E-state index in [2.05, 4.69) is 35.5 Å². The zero-order chi connectivity index (χ0) is 21.5. The third-order valence-electron chi connectivity index (χ3n) is 7.00. The fourth-order valence-electron chi connectivity index (χ4n) is 5.24. The van der Waals surface area contributed by atoms with Gasteiger partial charge in [0.05, 0.1) is 24.4 Å². The largest absolute Gasteiger partial charge is 0.504 e. The molecule has 1 aliphatic carbocycles. The summed E-state index contributed by atoms with van der Waals surface area (Å²) in [6.45, 7) is 3.26. The highest BCUT2D eigenvalue weighted by molar-refractivity contribution is 6.01. The van der Waals surface area contributed by atoms with Gasteiger partial charge in [-0.2, -0.15) is 0 Å². The summed E-state index contributed by atoms with van der Waals surface area (Å²) in [5.74, 6) is 1.20. The van der Waals surface area contributed by atoms with Gasteiger partial charge < -0.3 is 25.0 Å². The van der Waals surface area contributed by atoms with E-state index in [0.717, 1.165) is 49.4 Å². The molecule has 3 unspecified atom stereocenters. The Morgan fingerprint density at radius 2 is 1.84 bits per heavy atom. The molecule has 0 bridgehead atoms. The van der Waals surface area contributed by atoms with Crippen LogP contribution in [0.2, 0.25) is 0 Å². The lowest BCUT2D eigenvalue weighted by molar-refractivity contribution is 0.0664. The monoisotopic (exact) mass is 419 g/mol. The van der Waals surface area contributed by atoms with E-state index in [4.69, 9.17) is 4.74 Å². The van der Waals surface area contributed by atoms with E-state index in [-0.39, 0.29) is 29.5 Å². The molecule has 1 amide bonds. The number of carbonyl (C=O) groups is 1. The molecular weight excluding hydrogens is 390 g/mol. The maximum absolute atomic E-state index is 13.5. The predicted molar refractivity (Wildman–Crippen MR) is 121 cm³/mol. The van der Waals surface area contributed by atoms with Gasteiger partial charge in [-0.05, 0) is 37.1 Å². The molecule has 2 aromatic rings. The molecule has 0 aromatic heterocycles. The number of amides is 1. The molecule has 2 heterocycles. The summed E-state index contributed by atoms with van der Waals surface area (Å²) in [5, 5.41) is 14.5. The Morgan fingerprint density at radius 3 is 2.61 bits per heavy atom. The molecule has 0 radical (unpaired) electrons. The Morgan fingerprint density at radius 1 is 1.10 bits per heavy atom. The zero-order valence-corrected chi connectivity index (χ0v) is 18.0. The van der Waals surface area contributed by atoms with Crippen LogP contribution in [0.1, 0.15) is 39.9 Å². The second-order valence-corrected chi connectivity index (χ2v) is 8.74. The minimum atomic E-state index is -0.107. The van der Waals surface area contributed by atoms with Crippen molar-refractivity contribution in [3.05, 3.63) is 65.2 Å². The van der Waals surface area contributed by atoms with Gasteiger partial charge in [0, 0.05) is 37.7 Å². The normalized spacial score (nSPS) is 25.0. The molecule has 6 nitrogen and oxygen atoms in total. The molecule has 2 N–H and O–H groups in total. The fraction of sp³-hybridized carbons (Fsp3) is 0.400. The molecule has 0 saturated carbocycles. The number of fused-ring (bicyclic) bond motifs is 3. The van der Waals surface area contributed by atoms with E-state index < -0.39 is 0 Å². The highest BCUT2D eigenvalue weighted by Crippen LogP contribution is 2.52. The van der Waals surface area contributed by atoms with Gasteiger partial charge in [0.1, 0.15) is 0 Å². The van der Waals surface area contributed by atoms with E-state index in [1.54, 1.807) is 13.2 Å². The molecule has 2 aliphatic heterocycles. The minimum absolute atomic E-state index is 0.0755. The summed E-state index contributed by atoms with van der Waals surface area (Å²) in [5.41, 5.74) is 3.59. The summed E-state index contributed by atoms with van der Waals surface area (Å²) in [4.78, 5) is 17.7. The summed E-state index contributed by atoms with van der Waals surface area (Å²) < 4.78 is 5.35. The van der Waals surface area contributed by atoms with Crippen molar-refractivity contribution in [2.75, 3.05) is 45.7 Å². The average Bonchev–Trinajstić information content (AvgIpc) is 3.29. The first-order valence-corrected chi connectivity index (χ1v) is 11.0. The molecule has 31 heavy (non-hydrogen) atoms. The van der Waals surface area contributed by atoms with Crippen molar-refractivity contribution in [3.8, 4) is 11.5 Å². The summed E-state index contributed by atoms with van der Waals surface area (Å²) in [7, 11) is 3.65. The number of piperazine rings is 1. The summed E-state index contributed by atoms with van der Waals surface area (Å²) in [6, 6.07) is 11.6. The SMILES string of the molecule is COc1cccc(C2Nc3c(C(=O)N4CCN(C)CC4)cccc3C3C=CCC32)c1O. The average molecular weight is 420 g/mol. The second-order valence-electron chi connectivity index (χ2n) is 8.74. The highest BCUT2D eigenvalue weighted by Gasteiger charge is 2.41. The number of carbonyl (C=O) groups excluding carboxylic acids is 1. The van der Waals surface area contributed by atoms with Crippen LogP contribution in [-0.4, -0.2) is 61.2 Å². The Labute approximate surface area is 183 Å². The van der Waals surface area contributed by atoms with Crippen LogP contribution in [0.25, 0.3) is 0 Å². The number of benzene rings is 2. The maximum Gasteiger partial charge on any atom is 0.256 e. The van der Waals surface area contributed by atoms with Gasteiger partial charge in [-0.1, -0.05) is 36.4 Å². The van der Waals surface area contributed by atoms with E-state index in [1.807, 2.05) is 29.2 Å². The first kappa shape index (κ1) is 19.9. The number of hydrogen-bond donors (Lipinski definition) is 2. The number of aromatic hydroxyl groups is 1. The number of nitrogens with zero attached hydrogens (tertiary/aromatic N) is 2. The van der Waals surface area contributed by atoms with E-state index in [1.165, 1.54) is 0 Å². The molecule has 1 saturated heterocycles. The standard InChI is InChI=1S/C25H29N3O3/c1-27-12-14-28(15-13-27)25(30)20-10-4-8-18-16-6-3-7-17(16)22(26-23(18)20)19-9-5-11-21(31-2)24(19)29/h3-6,8-11,16-17,22,26,29H,7,12-15H2,1-2H3. The molecule has 162 valence electrons. The van der Waals surface area contributed by atoms with Crippen molar-refractivity contribution >= 4 is 11.6 Å². The molecule has 1 fully saturated rings. The zero-order valence-electron chi connectivity index (χ0n) is 18.0. The van der Waals surface area contributed by atoms with Gasteiger partial charge in [-0.15, -0.1) is 0 Å². The fourth-order valence-corrected chi connectivity index (χ4v) is 5.24. The summed E-state index contributed by atoms with van der Waals surface area (Å²) >= 11 is 0. The van der Waals surface area contributed by atoms with Crippen LogP contribution in [0.3, 0.4) is 0 Å². The molecule has 6 heteroatoms. The topological polar surface area (TPSA) is 65.0 Å². The van der Waals surface area contributed by atoms with Crippen molar-refractivity contribution in [2.24, 2.45) is 5.92 Å². The Kier molecular flexibility index (Phi) is 5.10. The van der Waals surface area contributed by atoms with Crippen molar-refractivity contribution in [1.29, 1.82) is 0 Å². The third-order valence-corrected chi connectivity index (χ3v) is 7.00. The van der Waals surface area contributed by atoms with Crippen LogP contribution in [0.4, 0.5) is 5.69 Å². The van der Waals surface area contributed by atoms with Crippen molar-refractivity contribution in [3.63, 3.8) is 0 Å². The molecule has 0 spiro atoms. The number of rotatable bonds is 3. The Hall–Kier alpha value is -2.99.